The van der Waals surface area contributed by atoms with Crippen LogP contribution >= 0.6 is 34.8 Å². The molecular formula is C14H13Cl3N2. The van der Waals surface area contributed by atoms with E-state index in [4.69, 9.17) is 40.6 Å². The first kappa shape index (κ1) is 14.6. The normalized spacial score (nSPS) is 12.4. The molecule has 2 aromatic carbocycles. The molecular weight excluding hydrogens is 303 g/mol. The maximum atomic E-state index is 6.02. The number of hydrazine groups is 1. The third kappa shape index (κ3) is 3.85. The van der Waals surface area contributed by atoms with E-state index in [-0.39, 0.29) is 6.04 Å². The summed E-state index contributed by atoms with van der Waals surface area (Å²) in [6.45, 7) is 0. The highest BCUT2D eigenvalue weighted by Crippen LogP contribution is 2.27. The summed E-state index contributed by atoms with van der Waals surface area (Å²) in [7, 11) is 0. The molecule has 1 unspecified atom stereocenters. The summed E-state index contributed by atoms with van der Waals surface area (Å²) in [5, 5.41) is 1.76. The molecule has 0 amide bonds. The van der Waals surface area contributed by atoms with Gasteiger partial charge in [-0.15, -0.1) is 0 Å². The van der Waals surface area contributed by atoms with Gasteiger partial charge in [0.1, 0.15) is 0 Å². The minimum atomic E-state index is -0.0479. The van der Waals surface area contributed by atoms with E-state index >= 15 is 0 Å². The first-order valence-electron chi connectivity index (χ1n) is 5.75. The van der Waals surface area contributed by atoms with Crippen LogP contribution in [0.5, 0.6) is 0 Å². The fraction of sp³-hybridized carbons (Fsp3) is 0.143. The Morgan fingerprint density at radius 3 is 2.42 bits per heavy atom. The molecule has 0 aromatic heterocycles. The topological polar surface area (TPSA) is 38.0 Å². The van der Waals surface area contributed by atoms with E-state index in [1.54, 1.807) is 6.07 Å². The lowest BCUT2D eigenvalue weighted by Gasteiger charge is -2.17. The second-order valence-corrected chi connectivity index (χ2v) is 5.48. The summed E-state index contributed by atoms with van der Waals surface area (Å²) in [4.78, 5) is 0. The van der Waals surface area contributed by atoms with E-state index in [9.17, 15) is 0 Å². The summed E-state index contributed by atoms with van der Waals surface area (Å²) < 4.78 is 0. The molecule has 19 heavy (non-hydrogen) atoms. The molecule has 0 radical (unpaired) electrons. The van der Waals surface area contributed by atoms with Crippen LogP contribution in [0.25, 0.3) is 0 Å². The zero-order valence-corrected chi connectivity index (χ0v) is 12.3. The van der Waals surface area contributed by atoms with Crippen LogP contribution in [-0.2, 0) is 6.42 Å². The lowest BCUT2D eigenvalue weighted by atomic mass is 9.99. The van der Waals surface area contributed by atoms with Crippen molar-refractivity contribution in [3.8, 4) is 0 Å². The summed E-state index contributed by atoms with van der Waals surface area (Å²) in [6, 6.07) is 13.1. The van der Waals surface area contributed by atoms with Crippen LogP contribution in [-0.4, -0.2) is 0 Å². The first-order valence-corrected chi connectivity index (χ1v) is 6.89. The Balaban J connectivity index is 2.22. The smallest absolute Gasteiger partial charge is 0.0595 e. The number of rotatable bonds is 4. The predicted molar refractivity (Wildman–Crippen MR) is 81.7 cm³/mol. The summed E-state index contributed by atoms with van der Waals surface area (Å²) in [5.74, 6) is 5.62. The molecule has 2 nitrogen and oxygen atoms in total. The average Bonchev–Trinajstić information content (AvgIpc) is 2.39. The van der Waals surface area contributed by atoms with Crippen LogP contribution in [0.15, 0.2) is 42.5 Å². The molecule has 0 aliphatic rings. The highest BCUT2D eigenvalue weighted by molar-refractivity contribution is 6.42. The third-order valence-corrected chi connectivity index (χ3v) is 3.85. The van der Waals surface area contributed by atoms with Gasteiger partial charge in [-0.3, -0.25) is 11.3 Å². The van der Waals surface area contributed by atoms with Gasteiger partial charge in [0.15, 0.2) is 0 Å². The van der Waals surface area contributed by atoms with E-state index in [0.29, 0.717) is 15.1 Å². The quantitative estimate of drug-likeness (QED) is 0.648. The monoisotopic (exact) mass is 314 g/mol. The Morgan fingerprint density at radius 1 is 1.00 bits per heavy atom. The second kappa shape index (κ2) is 6.60. The molecule has 0 fully saturated rings. The molecule has 1 atom stereocenters. The Bertz CT molecular complexity index is 572. The van der Waals surface area contributed by atoms with Gasteiger partial charge in [-0.2, -0.15) is 0 Å². The molecule has 0 heterocycles. The van der Waals surface area contributed by atoms with Crippen molar-refractivity contribution in [3.05, 3.63) is 68.7 Å². The van der Waals surface area contributed by atoms with E-state index in [1.165, 1.54) is 0 Å². The first-order chi connectivity index (χ1) is 9.10. The number of hydrogen-bond acceptors (Lipinski definition) is 2. The zero-order valence-electron chi connectivity index (χ0n) is 10.0. The fourth-order valence-corrected chi connectivity index (χ4v) is 2.42. The fourth-order valence-electron chi connectivity index (χ4n) is 1.90. The van der Waals surface area contributed by atoms with Crippen molar-refractivity contribution >= 4 is 34.8 Å². The van der Waals surface area contributed by atoms with Crippen LogP contribution in [0.1, 0.15) is 17.2 Å². The molecule has 5 heteroatoms. The molecule has 0 saturated heterocycles. The van der Waals surface area contributed by atoms with Crippen LogP contribution in [0.2, 0.25) is 15.1 Å². The van der Waals surface area contributed by atoms with Crippen LogP contribution < -0.4 is 11.3 Å². The van der Waals surface area contributed by atoms with Gasteiger partial charge < -0.3 is 0 Å². The van der Waals surface area contributed by atoms with Gasteiger partial charge in [-0.05, 0) is 41.8 Å². The number of benzene rings is 2. The maximum Gasteiger partial charge on any atom is 0.0595 e. The third-order valence-electron chi connectivity index (χ3n) is 2.88. The van der Waals surface area contributed by atoms with Crippen molar-refractivity contribution in [2.75, 3.05) is 0 Å². The molecule has 0 spiro atoms. The molecule has 2 aromatic rings. The van der Waals surface area contributed by atoms with E-state index in [1.807, 2.05) is 36.4 Å². The van der Waals surface area contributed by atoms with Crippen molar-refractivity contribution in [1.82, 2.24) is 5.43 Å². The van der Waals surface area contributed by atoms with Crippen molar-refractivity contribution in [1.29, 1.82) is 0 Å². The Labute approximate surface area is 127 Å². The molecule has 2 rings (SSSR count). The molecule has 0 saturated carbocycles. The number of nitrogens with two attached hydrogens (primary N) is 1. The van der Waals surface area contributed by atoms with E-state index in [2.05, 4.69) is 5.43 Å². The van der Waals surface area contributed by atoms with Gasteiger partial charge in [0.25, 0.3) is 0 Å². The minimum absolute atomic E-state index is 0.0479. The van der Waals surface area contributed by atoms with Crippen LogP contribution in [0.4, 0.5) is 0 Å². The maximum absolute atomic E-state index is 6.02. The predicted octanol–water partition coefficient (Wildman–Crippen LogP) is 4.39. The van der Waals surface area contributed by atoms with Gasteiger partial charge in [0.2, 0.25) is 0 Å². The van der Waals surface area contributed by atoms with Crippen LogP contribution in [0, 0.1) is 0 Å². The Morgan fingerprint density at radius 2 is 1.79 bits per heavy atom. The molecule has 0 aliphatic carbocycles. The van der Waals surface area contributed by atoms with Crippen molar-refractivity contribution in [2.24, 2.45) is 5.84 Å². The lowest BCUT2D eigenvalue weighted by molar-refractivity contribution is 0.552. The second-order valence-electron chi connectivity index (χ2n) is 4.23. The highest BCUT2D eigenvalue weighted by atomic mass is 35.5. The standard InChI is InChI=1S/C14H13Cl3N2/c15-11-3-1-2-9(6-11)7-14(19-18)10-4-5-12(16)13(17)8-10/h1-6,8,14,19H,7,18H2. The van der Waals surface area contributed by atoms with Crippen molar-refractivity contribution in [2.45, 2.75) is 12.5 Å². The molecule has 3 N–H and O–H groups in total. The van der Waals surface area contributed by atoms with E-state index in [0.717, 1.165) is 17.5 Å². The lowest BCUT2D eigenvalue weighted by Crippen LogP contribution is -2.29. The van der Waals surface area contributed by atoms with Crippen molar-refractivity contribution in [3.63, 3.8) is 0 Å². The van der Waals surface area contributed by atoms with Crippen molar-refractivity contribution < 1.29 is 0 Å². The number of hydrogen-bond donors (Lipinski definition) is 2. The number of halogens is 3. The summed E-state index contributed by atoms with van der Waals surface area (Å²) in [5.41, 5.74) is 4.87. The molecule has 0 bridgehead atoms. The molecule has 0 aliphatic heterocycles. The van der Waals surface area contributed by atoms with Gasteiger partial charge in [0.05, 0.1) is 16.1 Å². The summed E-state index contributed by atoms with van der Waals surface area (Å²) in [6.07, 6.45) is 0.717. The Hall–Kier alpha value is -0.770. The largest absolute Gasteiger partial charge is 0.271 e. The van der Waals surface area contributed by atoms with Gasteiger partial charge in [0, 0.05) is 5.02 Å². The zero-order chi connectivity index (χ0) is 13.8. The highest BCUT2D eigenvalue weighted by Gasteiger charge is 2.12. The average molecular weight is 316 g/mol. The Kier molecular flexibility index (Phi) is 5.08. The van der Waals surface area contributed by atoms with Gasteiger partial charge in [-0.25, -0.2) is 0 Å². The summed E-state index contributed by atoms with van der Waals surface area (Å²) >= 11 is 17.9. The minimum Gasteiger partial charge on any atom is -0.271 e. The van der Waals surface area contributed by atoms with Gasteiger partial charge >= 0.3 is 0 Å². The SMILES string of the molecule is NNC(Cc1cccc(Cl)c1)c1ccc(Cl)c(Cl)c1. The van der Waals surface area contributed by atoms with E-state index < -0.39 is 0 Å². The number of nitrogens with one attached hydrogen (secondary N) is 1. The van der Waals surface area contributed by atoms with Gasteiger partial charge in [-0.1, -0.05) is 53.0 Å². The van der Waals surface area contributed by atoms with Crippen LogP contribution in [0.3, 0.4) is 0 Å². The molecule has 100 valence electrons.